The number of hydrogen-bond acceptors (Lipinski definition) is 7. The Morgan fingerprint density at radius 3 is 2.86 bits per heavy atom. The van der Waals surface area contributed by atoms with Crippen LogP contribution in [0.25, 0.3) is 16.0 Å². The minimum atomic E-state index is -1.47. The van der Waals surface area contributed by atoms with E-state index < -0.39 is 22.3 Å². The molecule has 0 unspecified atom stereocenters. The van der Waals surface area contributed by atoms with Crippen molar-refractivity contribution in [2.45, 2.75) is 6.92 Å². The summed E-state index contributed by atoms with van der Waals surface area (Å²) in [5, 5.41) is 24.3. The van der Waals surface area contributed by atoms with Crippen LogP contribution in [-0.4, -0.2) is 35.7 Å². The second-order valence-corrected chi connectivity index (χ2v) is 5.38. The van der Waals surface area contributed by atoms with Gasteiger partial charge in [-0.2, -0.15) is 5.10 Å². The smallest absolute Gasteiger partial charge is 0.363 e. The van der Waals surface area contributed by atoms with Gasteiger partial charge in [-0.3, -0.25) is 10.1 Å². The van der Waals surface area contributed by atoms with Crippen LogP contribution in [0.2, 0.25) is 0 Å². The van der Waals surface area contributed by atoms with E-state index in [1.165, 1.54) is 17.7 Å². The van der Waals surface area contributed by atoms with Gasteiger partial charge in [-0.25, -0.2) is 19.4 Å². The third-order valence-corrected chi connectivity index (χ3v) is 3.70. The number of carboxylic acids is 1. The maximum absolute atomic E-state index is 11.0. The first-order chi connectivity index (χ1) is 9.97. The van der Waals surface area contributed by atoms with Crippen LogP contribution < -0.4 is 0 Å². The highest BCUT2D eigenvalue weighted by molar-refractivity contribution is 7.18. The Morgan fingerprint density at radius 2 is 2.24 bits per heavy atom. The first-order valence-corrected chi connectivity index (χ1v) is 6.48. The van der Waals surface area contributed by atoms with Crippen molar-refractivity contribution in [2.24, 2.45) is 0 Å². The number of fused-ring (bicyclic) bond motifs is 1. The summed E-state index contributed by atoms with van der Waals surface area (Å²) in [6.45, 7) is 1.89. The molecule has 10 heteroatoms. The van der Waals surface area contributed by atoms with Crippen molar-refractivity contribution in [3.8, 4) is 5.82 Å². The average Bonchev–Trinajstić information content (AvgIpc) is 3.00. The molecule has 1 N–H and O–H groups in total. The van der Waals surface area contributed by atoms with E-state index >= 15 is 0 Å². The lowest BCUT2D eigenvalue weighted by molar-refractivity contribution is -0.385. The molecule has 21 heavy (non-hydrogen) atoms. The van der Waals surface area contributed by atoms with Gasteiger partial charge in [0.15, 0.2) is 5.82 Å². The number of nitro groups is 1. The molecule has 0 aliphatic carbocycles. The number of aryl methyl sites for hydroxylation is 1. The van der Waals surface area contributed by atoms with Crippen molar-refractivity contribution in [2.75, 3.05) is 0 Å². The minimum absolute atomic E-state index is 0.306. The fourth-order valence-electron chi connectivity index (χ4n) is 1.91. The van der Waals surface area contributed by atoms with Crippen LogP contribution in [0.15, 0.2) is 18.6 Å². The van der Waals surface area contributed by atoms with E-state index in [0.29, 0.717) is 16.0 Å². The number of aromatic nitrogens is 4. The zero-order valence-electron chi connectivity index (χ0n) is 10.5. The molecule has 0 bridgehead atoms. The molecule has 9 nitrogen and oxygen atoms in total. The van der Waals surface area contributed by atoms with Crippen LogP contribution in [-0.2, 0) is 0 Å². The number of nitrogens with zero attached hydrogens (tertiary/aromatic N) is 5. The van der Waals surface area contributed by atoms with Crippen LogP contribution in [0.5, 0.6) is 0 Å². The molecule has 106 valence electrons. The number of hydrogen-bond donors (Lipinski definition) is 1. The second kappa shape index (κ2) is 4.59. The van der Waals surface area contributed by atoms with Gasteiger partial charge in [-0.1, -0.05) is 0 Å². The van der Waals surface area contributed by atoms with E-state index in [-0.39, 0.29) is 0 Å². The third-order valence-electron chi connectivity index (χ3n) is 2.74. The Bertz CT molecular complexity index is 853. The molecule has 0 aromatic carbocycles. The predicted octanol–water partition coefficient (Wildman–Crippen LogP) is 1.79. The molecule has 3 aromatic rings. The molecule has 3 heterocycles. The van der Waals surface area contributed by atoms with Crippen LogP contribution in [0.4, 0.5) is 5.69 Å². The zero-order chi connectivity index (χ0) is 15.1. The summed E-state index contributed by atoms with van der Waals surface area (Å²) < 4.78 is 1.10. The van der Waals surface area contributed by atoms with Gasteiger partial charge in [0, 0.05) is 4.88 Å². The van der Waals surface area contributed by atoms with Gasteiger partial charge in [0.2, 0.25) is 5.69 Å². The van der Waals surface area contributed by atoms with Crippen LogP contribution >= 0.6 is 11.3 Å². The van der Waals surface area contributed by atoms with Gasteiger partial charge in [-0.05, 0) is 13.0 Å². The van der Waals surface area contributed by atoms with Crippen LogP contribution in [0.1, 0.15) is 15.4 Å². The first-order valence-electron chi connectivity index (χ1n) is 5.66. The SMILES string of the molecule is Cc1cc2c(-n3cc([N+](=O)[O-])c(C(=O)O)n3)ncnc2s1. The van der Waals surface area contributed by atoms with E-state index in [4.69, 9.17) is 5.11 Å². The molecular weight excluding hydrogens is 298 g/mol. The quantitative estimate of drug-likeness (QED) is 0.577. The minimum Gasteiger partial charge on any atom is -0.476 e. The maximum Gasteiger partial charge on any atom is 0.363 e. The largest absolute Gasteiger partial charge is 0.476 e. The fourth-order valence-corrected chi connectivity index (χ4v) is 2.75. The molecule has 0 saturated carbocycles. The van der Waals surface area contributed by atoms with Gasteiger partial charge < -0.3 is 5.11 Å². The van der Waals surface area contributed by atoms with Crippen molar-refractivity contribution in [1.82, 2.24) is 19.7 Å². The van der Waals surface area contributed by atoms with Crippen LogP contribution in [0, 0.1) is 17.0 Å². The highest BCUT2D eigenvalue weighted by Gasteiger charge is 2.26. The standard InChI is InChI=1S/C11H7N5O4S/c1-5-2-6-9(12-4-13-10(6)21-5)15-3-7(16(19)20)8(14-15)11(17)18/h2-4H,1H3,(H,17,18). The van der Waals surface area contributed by atoms with Crippen LogP contribution in [0.3, 0.4) is 0 Å². The van der Waals surface area contributed by atoms with E-state index in [1.807, 2.05) is 13.0 Å². The topological polar surface area (TPSA) is 124 Å². The molecule has 0 amide bonds. The number of thiophene rings is 1. The summed E-state index contributed by atoms with van der Waals surface area (Å²) >= 11 is 1.44. The Labute approximate surface area is 120 Å². The van der Waals surface area contributed by atoms with Crippen molar-refractivity contribution in [3.05, 3.63) is 39.3 Å². The zero-order valence-corrected chi connectivity index (χ0v) is 11.4. The fraction of sp³-hybridized carbons (Fsp3) is 0.0909. The number of carbonyl (C=O) groups is 1. The lowest BCUT2D eigenvalue weighted by atomic mass is 10.3. The Morgan fingerprint density at radius 1 is 1.48 bits per heavy atom. The summed E-state index contributed by atoms with van der Waals surface area (Å²) in [7, 11) is 0. The monoisotopic (exact) mass is 305 g/mol. The summed E-state index contributed by atoms with van der Waals surface area (Å²) in [5.74, 6) is -1.16. The summed E-state index contributed by atoms with van der Waals surface area (Å²) in [6, 6.07) is 1.82. The molecule has 0 saturated heterocycles. The molecule has 0 aliphatic rings. The normalized spacial score (nSPS) is 10.9. The molecule has 0 aliphatic heterocycles. The van der Waals surface area contributed by atoms with Gasteiger partial charge in [0.05, 0.1) is 10.3 Å². The number of aromatic carboxylic acids is 1. The second-order valence-electron chi connectivity index (χ2n) is 4.14. The van der Waals surface area contributed by atoms with Crippen molar-refractivity contribution in [3.63, 3.8) is 0 Å². The van der Waals surface area contributed by atoms with Crippen molar-refractivity contribution in [1.29, 1.82) is 0 Å². The molecule has 0 fully saturated rings. The van der Waals surface area contributed by atoms with E-state index in [2.05, 4.69) is 15.1 Å². The van der Waals surface area contributed by atoms with Gasteiger partial charge in [0.25, 0.3) is 0 Å². The third kappa shape index (κ3) is 2.10. The highest BCUT2D eigenvalue weighted by Crippen LogP contribution is 2.28. The molecule has 0 radical (unpaired) electrons. The lowest BCUT2D eigenvalue weighted by Gasteiger charge is -1.99. The maximum atomic E-state index is 11.0. The number of carboxylic acid groups (broad SMARTS) is 1. The van der Waals surface area contributed by atoms with Gasteiger partial charge >= 0.3 is 11.7 Å². The molecule has 0 atom stereocenters. The molecule has 3 aromatic heterocycles. The van der Waals surface area contributed by atoms with Crippen molar-refractivity contribution < 1.29 is 14.8 Å². The highest BCUT2D eigenvalue weighted by atomic mass is 32.1. The molecular formula is C11H7N5O4S. The van der Waals surface area contributed by atoms with Gasteiger partial charge in [0.1, 0.15) is 17.4 Å². The van der Waals surface area contributed by atoms with Crippen molar-refractivity contribution >= 4 is 33.2 Å². The summed E-state index contributed by atoms with van der Waals surface area (Å²) in [6.07, 6.45) is 2.35. The Hall–Kier alpha value is -2.88. The molecule has 0 spiro atoms. The number of rotatable bonds is 3. The van der Waals surface area contributed by atoms with Gasteiger partial charge in [-0.15, -0.1) is 11.3 Å². The average molecular weight is 305 g/mol. The van der Waals surface area contributed by atoms with E-state index in [1.54, 1.807) is 0 Å². The summed E-state index contributed by atoms with van der Waals surface area (Å²) in [4.78, 5) is 31.0. The Balaban J connectivity index is 2.26. The molecule has 3 rings (SSSR count). The van der Waals surface area contributed by atoms with E-state index in [9.17, 15) is 14.9 Å². The predicted molar refractivity (Wildman–Crippen MR) is 72.9 cm³/mol. The van der Waals surface area contributed by atoms with E-state index in [0.717, 1.165) is 15.8 Å². The Kier molecular flexibility index (Phi) is 2.87. The summed E-state index contributed by atoms with van der Waals surface area (Å²) in [5.41, 5.74) is -1.21. The lowest BCUT2D eigenvalue weighted by Crippen LogP contribution is -2.04. The first kappa shape index (κ1) is 13.1.